The van der Waals surface area contributed by atoms with E-state index in [1.807, 2.05) is 0 Å². The van der Waals surface area contributed by atoms with E-state index < -0.39 is 0 Å². The van der Waals surface area contributed by atoms with Crippen molar-refractivity contribution >= 4 is 11.8 Å². The third-order valence-corrected chi connectivity index (χ3v) is 6.12. The third-order valence-electron chi connectivity index (χ3n) is 5.37. The highest BCUT2D eigenvalue weighted by Crippen LogP contribution is 2.40. The van der Waals surface area contributed by atoms with E-state index in [0.717, 1.165) is 38.2 Å². The maximum Gasteiger partial charge on any atom is 0.132 e. The van der Waals surface area contributed by atoms with E-state index in [1.165, 1.54) is 29.7 Å². The first kappa shape index (κ1) is 16.2. The van der Waals surface area contributed by atoms with E-state index in [9.17, 15) is 5.11 Å². The molecule has 1 heterocycles. The number of benzene rings is 1. The van der Waals surface area contributed by atoms with Crippen LogP contribution in [0.5, 0.6) is 5.75 Å². The predicted octanol–water partition coefficient (Wildman–Crippen LogP) is 3.54. The summed E-state index contributed by atoms with van der Waals surface area (Å²) in [7, 11) is 1.73. The van der Waals surface area contributed by atoms with E-state index in [-0.39, 0.29) is 5.60 Å². The highest BCUT2D eigenvalue weighted by atomic mass is 32.2. The number of hydrogen-bond acceptors (Lipinski definition) is 4. The Hall–Kier alpha value is -0.710. The Kier molecular flexibility index (Phi) is 5.00. The number of rotatable bonds is 4. The van der Waals surface area contributed by atoms with Gasteiger partial charge in [-0.15, -0.1) is 11.8 Å². The van der Waals surface area contributed by atoms with Crippen molar-refractivity contribution in [1.29, 1.82) is 0 Å². The zero-order valence-corrected chi connectivity index (χ0v) is 14.5. The molecule has 1 aromatic rings. The van der Waals surface area contributed by atoms with Crippen molar-refractivity contribution in [3.05, 3.63) is 23.8 Å². The molecule has 0 amide bonds. The second kappa shape index (κ2) is 6.81. The van der Waals surface area contributed by atoms with Crippen LogP contribution in [-0.4, -0.2) is 42.1 Å². The number of likely N-dealkylation sites (tertiary alicyclic amines) is 1. The second-order valence-corrected chi connectivity index (χ2v) is 7.57. The van der Waals surface area contributed by atoms with Crippen LogP contribution in [0, 0.1) is 5.92 Å². The summed E-state index contributed by atoms with van der Waals surface area (Å²) in [4.78, 5) is 3.71. The van der Waals surface area contributed by atoms with Crippen LogP contribution < -0.4 is 4.74 Å². The molecule has 2 aliphatic rings. The molecular formula is C18H27NO2S. The lowest BCUT2D eigenvalue weighted by Crippen LogP contribution is -2.52. The molecule has 3 rings (SSSR count). The van der Waals surface area contributed by atoms with E-state index >= 15 is 0 Å². The Bertz CT molecular complexity index is 522. The van der Waals surface area contributed by atoms with Crippen molar-refractivity contribution in [2.75, 3.05) is 26.5 Å². The number of fused-ring (bicyclic) bond motifs is 1. The van der Waals surface area contributed by atoms with Crippen molar-refractivity contribution in [3.8, 4) is 5.75 Å². The van der Waals surface area contributed by atoms with Crippen molar-refractivity contribution < 1.29 is 9.84 Å². The molecule has 2 unspecified atom stereocenters. The molecule has 0 bridgehead atoms. The average molecular weight is 321 g/mol. The Morgan fingerprint density at radius 2 is 2.23 bits per heavy atom. The number of ether oxygens (including phenoxy) is 1. The fourth-order valence-corrected chi connectivity index (χ4v) is 4.64. The van der Waals surface area contributed by atoms with Gasteiger partial charge in [-0.2, -0.15) is 0 Å². The van der Waals surface area contributed by atoms with E-state index in [2.05, 4.69) is 29.4 Å². The molecule has 1 saturated carbocycles. The molecular weight excluding hydrogens is 294 g/mol. The fourth-order valence-electron chi connectivity index (χ4n) is 4.02. The lowest BCUT2D eigenvalue weighted by Gasteiger charge is -2.47. The van der Waals surface area contributed by atoms with Crippen LogP contribution in [0.1, 0.15) is 37.7 Å². The van der Waals surface area contributed by atoms with Gasteiger partial charge in [0, 0.05) is 30.4 Å². The summed E-state index contributed by atoms with van der Waals surface area (Å²) in [5.74, 6) is 1.42. The van der Waals surface area contributed by atoms with Gasteiger partial charge in [-0.1, -0.05) is 18.9 Å². The minimum absolute atomic E-state index is 0.376. The molecule has 122 valence electrons. The summed E-state index contributed by atoms with van der Waals surface area (Å²) in [6.07, 6.45) is 7.69. The molecule has 0 aromatic heterocycles. The van der Waals surface area contributed by atoms with Gasteiger partial charge >= 0.3 is 0 Å². The summed E-state index contributed by atoms with van der Waals surface area (Å²) in [5.41, 5.74) is 0.963. The zero-order chi connectivity index (χ0) is 15.6. The lowest BCUT2D eigenvalue weighted by molar-refractivity contribution is -0.0967. The molecule has 0 spiro atoms. The summed E-state index contributed by atoms with van der Waals surface area (Å²) in [6, 6.07) is 6.48. The average Bonchev–Trinajstić information content (AvgIpc) is 2.55. The molecule has 1 aromatic carbocycles. The summed E-state index contributed by atoms with van der Waals surface area (Å²) < 4.78 is 5.40. The van der Waals surface area contributed by atoms with Gasteiger partial charge in [0.2, 0.25) is 0 Å². The fraction of sp³-hybridized carbons (Fsp3) is 0.667. The number of hydrogen-bond donors (Lipinski definition) is 1. The standard InChI is InChI=1S/C18H27NO2S/c1-21-16-7-6-14(11-17(16)22-2)12-19-10-9-18(20)8-4-3-5-15(18)13-19/h6-7,11,15,20H,3-5,8-10,12-13H2,1-2H3. The van der Waals surface area contributed by atoms with Crippen LogP contribution in [0.15, 0.2) is 23.1 Å². The SMILES string of the molecule is COc1ccc(CN2CCC3(O)CCCCC3C2)cc1SC. The quantitative estimate of drug-likeness (QED) is 0.860. The van der Waals surface area contributed by atoms with Crippen LogP contribution in [0.4, 0.5) is 0 Å². The molecule has 4 heteroatoms. The first-order chi connectivity index (χ1) is 10.6. The Morgan fingerprint density at radius 3 is 3.00 bits per heavy atom. The number of aliphatic hydroxyl groups is 1. The Balaban J connectivity index is 1.66. The van der Waals surface area contributed by atoms with E-state index in [4.69, 9.17) is 4.74 Å². The molecule has 1 aliphatic heterocycles. The second-order valence-electron chi connectivity index (χ2n) is 6.72. The van der Waals surface area contributed by atoms with E-state index in [1.54, 1.807) is 18.9 Å². The summed E-state index contributed by atoms with van der Waals surface area (Å²) in [5, 5.41) is 10.8. The summed E-state index contributed by atoms with van der Waals surface area (Å²) in [6.45, 7) is 3.02. The molecule has 0 radical (unpaired) electrons. The number of methoxy groups -OCH3 is 1. The normalized spacial score (nSPS) is 29.1. The van der Waals surface area contributed by atoms with Crippen molar-refractivity contribution in [3.63, 3.8) is 0 Å². The molecule has 2 atom stereocenters. The Labute approximate surface area is 138 Å². The van der Waals surface area contributed by atoms with Crippen LogP contribution in [0.2, 0.25) is 0 Å². The number of nitrogens with zero attached hydrogens (tertiary/aromatic N) is 1. The van der Waals surface area contributed by atoms with Gasteiger partial charge in [-0.05, 0) is 43.2 Å². The van der Waals surface area contributed by atoms with Gasteiger partial charge in [-0.25, -0.2) is 0 Å². The number of piperidine rings is 1. The molecule has 3 nitrogen and oxygen atoms in total. The zero-order valence-electron chi connectivity index (χ0n) is 13.7. The molecule has 1 saturated heterocycles. The Morgan fingerprint density at radius 1 is 1.36 bits per heavy atom. The predicted molar refractivity (Wildman–Crippen MR) is 91.6 cm³/mol. The van der Waals surface area contributed by atoms with Crippen molar-refractivity contribution in [1.82, 2.24) is 4.90 Å². The van der Waals surface area contributed by atoms with Crippen molar-refractivity contribution in [2.24, 2.45) is 5.92 Å². The smallest absolute Gasteiger partial charge is 0.132 e. The maximum atomic E-state index is 10.8. The number of thioether (sulfide) groups is 1. The van der Waals surface area contributed by atoms with Crippen LogP contribution >= 0.6 is 11.8 Å². The van der Waals surface area contributed by atoms with Crippen LogP contribution in [0.25, 0.3) is 0 Å². The van der Waals surface area contributed by atoms with E-state index in [0.29, 0.717) is 5.92 Å². The van der Waals surface area contributed by atoms with Gasteiger partial charge in [0.15, 0.2) is 0 Å². The summed E-state index contributed by atoms with van der Waals surface area (Å²) >= 11 is 1.73. The van der Waals surface area contributed by atoms with Crippen molar-refractivity contribution in [2.45, 2.75) is 49.1 Å². The molecule has 1 N–H and O–H groups in total. The van der Waals surface area contributed by atoms with Gasteiger partial charge in [-0.3, -0.25) is 4.90 Å². The third kappa shape index (κ3) is 3.29. The minimum Gasteiger partial charge on any atom is -0.496 e. The first-order valence-electron chi connectivity index (χ1n) is 8.30. The highest BCUT2D eigenvalue weighted by molar-refractivity contribution is 7.98. The monoisotopic (exact) mass is 321 g/mol. The molecule has 1 aliphatic carbocycles. The van der Waals surface area contributed by atoms with Gasteiger partial charge in [0.25, 0.3) is 0 Å². The largest absolute Gasteiger partial charge is 0.496 e. The minimum atomic E-state index is -0.376. The lowest BCUT2D eigenvalue weighted by atomic mass is 9.71. The molecule has 2 fully saturated rings. The van der Waals surface area contributed by atoms with Crippen LogP contribution in [0.3, 0.4) is 0 Å². The topological polar surface area (TPSA) is 32.7 Å². The first-order valence-corrected chi connectivity index (χ1v) is 9.53. The highest BCUT2D eigenvalue weighted by Gasteiger charge is 2.42. The van der Waals surface area contributed by atoms with Gasteiger partial charge < -0.3 is 9.84 Å². The molecule has 22 heavy (non-hydrogen) atoms. The van der Waals surface area contributed by atoms with Crippen LogP contribution in [-0.2, 0) is 6.54 Å². The maximum absolute atomic E-state index is 10.8. The van der Waals surface area contributed by atoms with Gasteiger partial charge in [0.05, 0.1) is 12.7 Å². The van der Waals surface area contributed by atoms with Gasteiger partial charge in [0.1, 0.15) is 5.75 Å².